The van der Waals surface area contributed by atoms with Crippen LogP contribution in [0.5, 0.6) is 0 Å². The maximum Gasteiger partial charge on any atom is 0.248 e. The van der Waals surface area contributed by atoms with Crippen LogP contribution in [0, 0.1) is 5.92 Å². The van der Waals surface area contributed by atoms with Gasteiger partial charge in [0.1, 0.15) is 0 Å². The van der Waals surface area contributed by atoms with Gasteiger partial charge in [-0.3, -0.25) is 0 Å². The van der Waals surface area contributed by atoms with E-state index in [-0.39, 0.29) is 18.8 Å². The van der Waals surface area contributed by atoms with Crippen molar-refractivity contribution in [1.82, 2.24) is 0 Å². The van der Waals surface area contributed by atoms with Gasteiger partial charge in [0.15, 0.2) is 0 Å². The van der Waals surface area contributed by atoms with Gasteiger partial charge in [0.25, 0.3) is 0 Å². The summed E-state index contributed by atoms with van der Waals surface area (Å²) in [6.07, 6.45) is -0.408. The molecule has 2 atom stereocenters. The molecule has 0 radical (unpaired) electrons. The molecule has 0 bridgehead atoms. The van der Waals surface area contributed by atoms with E-state index in [9.17, 15) is 13.9 Å². The fourth-order valence-corrected chi connectivity index (χ4v) is 2.71. The van der Waals surface area contributed by atoms with E-state index < -0.39 is 12.0 Å². The van der Waals surface area contributed by atoms with Gasteiger partial charge in [0, 0.05) is 12.8 Å². The van der Waals surface area contributed by atoms with Crippen molar-refractivity contribution in [3.63, 3.8) is 0 Å². The lowest BCUT2D eigenvalue weighted by Gasteiger charge is -2.18. The molecule has 1 saturated carbocycles. The van der Waals surface area contributed by atoms with Gasteiger partial charge in [-0.2, -0.15) is 0 Å². The van der Waals surface area contributed by atoms with Crippen molar-refractivity contribution in [2.75, 3.05) is 0 Å². The van der Waals surface area contributed by atoms with Gasteiger partial charge in [-0.15, -0.1) is 0 Å². The molecule has 1 aliphatic carbocycles. The maximum absolute atomic E-state index is 13.1. The van der Waals surface area contributed by atoms with Crippen LogP contribution in [0.2, 0.25) is 10.0 Å². The Labute approximate surface area is 115 Å². The van der Waals surface area contributed by atoms with E-state index in [1.54, 1.807) is 18.2 Å². The molecule has 1 aromatic carbocycles. The first-order valence-electron chi connectivity index (χ1n) is 5.87. The molecule has 5 heteroatoms. The predicted octanol–water partition coefficient (Wildman–Crippen LogP) is 4.33. The molecule has 0 aliphatic heterocycles. The van der Waals surface area contributed by atoms with Crippen LogP contribution in [-0.2, 0) is 6.42 Å². The minimum Gasteiger partial charge on any atom is -0.392 e. The molecule has 2 rings (SSSR count). The molecular formula is C13H14Cl2F2O. The molecule has 0 spiro atoms. The van der Waals surface area contributed by atoms with Crippen LogP contribution in [0.25, 0.3) is 0 Å². The molecule has 18 heavy (non-hydrogen) atoms. The van der Waals surface area contributed by atoms with Crippen molar-refractivity contribution in [1.29, 1.82) is 0 Å². The van der Waals surface area contributed by atoms with E-state index in [2.05, 4.69) is 0 Å². The Kier molecular flexibility index (Phi) is 4.15. The quantitative estimate of drug-likeness (QED) is 0.880. The highest BCUT2D eigenvalue weighted by Gasteiger charge is 2.41. The van der Waals surface area contributed by atoms with Crippen LogP contribution >= 0.6 is 23.2 Å². The SMILES string of the molecule is OC(Cc1ccc(Cl)c(Cl)c1)C1CCC(F)(F)C1. The first-order chi connectivity index (χ1) is 8.37. The zero-order chi connectivity index (χ0) is 13.3. The Morgan fingerprint density at radius 2 is 2.06 bits per heavy atom. The van der Waals surface area contributed by atoms with Crippen molar-refractivity contribution in [3.05, 3.63) is 33.8 Å². The summed E-state index contributed by atoms with van der Waals surface area (Å²) in [6.45, 7) is 0. The third kappa shape index (κ3) is 3.34. The summed E-state index contributed by atoms with van der Waals surface area (Å²) in [5.41, 5.74) is 0.812. The maximum atomic E-state index is 13.1. The second kappa shape index (κ2) is 5.32. The number of hydrogen-bond acceptors (Lipinski definition) is 1. The smallest absolute Gasteiger partial charge is 0.248 e. The minimum atomic E-state index is -2.62. The standard InChI is InChI=1S/C13H14Cl2F2O/c14-10-2-1-8(5-11(10)15)6-12(18)9-3-4-13(16,17)7-9/h1-2,5,9,12,18H,3-4,6-7H2. The molecule has 1 N–H and O–H groups in total. The Bertz CT molecular complexity index is 437. The van der Waals surface area contributed by atoms with Crippen molar-refractivity contribution in [3.8, 4) is 0 Å². The van der Waals surface area contributed by atoms with E-state index >= 15 is 0 Å². The van der Waals surface area contributed by atoms with E-state index in [1.807, 2.05) is 0 Å². The van der Waals surface area contributed by atoms with Gasteiger partial charge >= 0.3 is 0 Å². The first-order valence-corrected chi connectivity index (χ1v) is 6.63. The van der Waals surface area contributed by atoms with E-state index in [1.165, 1.54) is 0 Å². The summed E-state index contributed by atoms with van der Waals surface area (Å²) in [5.74, 6) is -2.96. The molecule has 0 heterocycles. The summed E-state index contributed by atoms with van der Waals surface area (Å²) in [5, 5.41) is 10.8. The lowest BCUT2D eigenvalue weighted by molar-refractivity contribution is -0.00479. The second-order valence-electron chi connectivity index (χ2n) is 4.88. The third-order valence-electron chi connectivity index (χ3n) is 3.41. The van der Waals surface area contributed by atoms with Gasteiger partial charge in [-0.05, 0) is 36.5 Å². The van der Waals surface area contributed by atoms with Gasteiger partial charge in [0.2, 0.25) is 5.92 Å². The van der Waals surface area contributed by atoms with E-state index in [0.29, 0.717) is 22.9 Å². The molecule has 1 nitrogen and oxygen atoms in total. The van der Waals surface area contributed by atoms with Crippen LogP contribution in [0.4, 0.5) is 8.78 Å². The number of aliphatic hydroxyl groups is 1. The largest absolute Gasteiger partial charge is 0.392 e. The number of alkyl halides is 2. The lowest BCUT2D eigenvalue weighted by Crippen LogP contribution is -2.22. The Morgan fingerprint density at radius 1 is 1.33 bits per heavy atom. The zero-order valence-corrected chi connectivity index (χ0v) is 11.2. The fourth-order valence-electron chi connectivity index (χ4n) is 2.39. The Balaban J connectivity index is 1.99. The van der Waals surface area contributed by atoms with Gasteiger partial charge in [-0.25, -0.2) is 8.78 Å². The van der Waals surface area contributed by atoms with Crippen LogP contribution in [0.1, 0.15) is 24.8 Å². The monoisotopic (exact) mass is 294 g/mol. The highest BCUT2D eigenvalue weighted by molar-refractivity contribution is 6.42. The summed E-state index contributed by atoms with van der Waals surface area (Å²) in [6, 6.07) is 5.07. The molecule has 100 valence electrons. The topological polar surface area (TPSA) is 20.2 Å². The molecular weight excluding hydrogens is 281 g/mol. The summed E-state index contributed by atoms with van der Waals surface area (Å²) < 4.78 is 26.1. The number of rotatable bonds is 3. The number of halogens is 4. The fraction of sp³-hybridized carbons (Fsp3) is 0.538. The average Bonchev–Trinajstić information content (AvgIpc) is 2.64. The minimum absolute atomic E-state index is 0.129. The van der Waals surface area contributed by atoms with Gasteiger partial charge < -0.3 is 5.11 Å². The Morgan fingerprint density at radius 3 is 2.61 bits per heavy atom. The van der Waals surface area contributed by atoms with Crippen LogP contribution < -0.4 is 0 Å². The normalized spacial score (nSPS) is 24.2. The number of hydrogen-bond donors (Lipinski definition) is 1. The van der Waals surface area contributed by atoms with E-state index in [4.69, 9.17) is 23.2 Å². The van der Waals surface area contributed by atoms with Crippen molar-refractivity contribution < 1.29 is 13.9 Å². The molecule has 0 aromatic heterocycles. The first kappa shape index (κ1) is 14.0. The van der Waals surface area contributed by atoms with Gasteiger partial charge in [-0.1, -0.05) is 29.3 Å². The van der Waals surface area contributed by atoms with E-state index in [0.717, 1.165) is 5.56 Å². The van der Waals surface area contributed by atoms with Gasteiger partial charge in [0.05, 0.1) is 16.1 Å². The van der Waals surface area contributed by atoms with Crippen LogP contribution in [-0.4, -0.2) is 17.1 Å². The molecule has 1 aliphatic rings. The lowest BCUT2D eigenvalue weighted by atomic mass is 9.95. The molecule has 1 aromatic rings. The molecule has 0 amide bonds. The molecule has 2 unspecified atom stereocenters. The number of aliphatic hydroxyl groups excluding tert-OH is 1. The highest BCUT2D eigenvalue weighted by Crippen LogP contribution is 2.41. The molecule has 0 saturated heterocycles. The van der Waals surface area contributed by atoms with Crippen LogP contribution in [0.3, 0.4) is 0 Å². The predicted molar refractivity (Wildman–Crippen MR) is 68.5 cm³/mol. The van der Waals surface area contributed by atoms with Crippen molar-refractivity contribution in [2.45, 2.75) is 37.7 Å². The summed E-state index contributed by atoms with van der Waals surface area (Å²) in [7, 11) is 0. The Hall–Kier alpha value is -0.380. The van der Waals surface area contributed by atoms with Crippen molar-refractivity contribution in [2.24, 2.45) is 5.92 Å². The summed E-state index contributed by atoms with van der Waals surface area (Å²) >= 11 is 11.7. The van der Waals surface area contributed by atoms with Crippen LogP contribution in [0.15, 0.2) is 18.2 Å². The number of benzene rings is 1. The van der Waals surface area contributed by atoms with Crippen molar-refractivity contribution >= 4 is 23.2 Å². The highest BCUT2D eigenvalue weighted by atomic mass is 35.5. The second-order valence-corrected chi connectivity index (χ2v) is 5.69. The third-order valence-corrected chi connectivity index (χ3v) is 4.15. The zero-order valence-electron chi connectivity index (χ0n) is 9.67. The summed E-state index contributed by atoms with van der Waals surface area (Å²) in [4.78, 5) is 0. The molecule has 1 fully saturated rings. The average molecular weight is 295 g/mol.